The monoisotopic (exact) mass is 528 g/mol. The smallest absolute Gasteiger partial charge is 0.295 e. The van der Waals surface area contributed by atoms with Crippen LogP contribution in [0.25, 0.3) is 12.2 Å². The van der Waals surface area contributed by atoms with E-state index in [1.54, 1.807) is 0 Å². The number of hydrogen-bond donors (Lipinski definition) is 4. The van der Waals surface area contributed by atoms with E-state index in [9.17, 15) is 25.9 Å². The summed E-state index contributed by atoms with van der Waals surface area (Å²) in [4.78, 5) is -0.901. The molecule has 14 nitrogen and oxygen atoms in total. The van der Waals surface area contributed by atoms with Crippen molar-refractivity contribution >= 4 is 55.4 Å². The summed E-state index contributed by atoms with van der Waals surface area (Å²) < 4.78 is 67.5. The summed E-state index contributed by atoms with van der Waals surface area (Å²) in [6, 6.07) is 11.2. The molecule has 0 aliphatic carbocycles. The minimum Gasteiger partial charge on any atom is -0.339 e. The van der Waals surface area contributed by atoms with Crippen molar-refractivity contribution in [1.29, 1.82) is 0 Å². The Labute approximate surface area is 204 Å². The number of rotatable bonds is 8. The molecule has 4 rings (SSSR count). The molecule has 0 atom stereocenters. The summed E-state index contributed by atoms with van der Waals surface area (Å²) in [7, 11) is -9.34. The minimum absolute atomic E-state index is 0.0550. The molecule has 184 valence electrons. The van der Waals surface area contributed by atoms with Crippen molar-refractivity contribution in [2.24, 2.45) is 0 Å². The first kappa shape index (κ1) is 24.7. The first-order valence-corrected chi connectivity index (χ1v) is 12.7. The van der Waals surface area contributed by atoms with Gasteiger partial charge in [-0.15, -0.1) is 20.4 Å². The third kappa shape index (κ3) is 6.19. The second kappa shape index (κ2) is 10.1. The van der Waals surface area contributed by atoms with Crippen molar-refractivity contribution in [2.45, 2.75) is 9.79 Å². The van der Waals surface area contributed by atoms with E-state index in [1.807, 2.05) is 0 Å². The number of aromatic nitrogens is 6. The van der Waals surface area contributed by atoms with Crippen LogP contribution >= 0.6 is 0 Å². The molecule has 2 heterocycles. The lowest BCUT2D eigenvalue weighted by molar-refractivity contribution is 0.480. The van der Waals surface area contributed by atoms with Crippen molar-refractivity contribution in [1.82, 2.24) is 30.8 Å². The minimum atomic E-state index is -4.67. The van der Waals surface area contributed by atoms with Crippen molar-refractivity contribution in [2.75, 3.05) is 10.6 Å². The Bertz CT molecular complexity index is 1510. The molecule has 0 fully saturated rings. The van der Waals surface area contributed by atoms with E-state index < -0.39 is 30.0 Å². The van der Waals surface area contributed by atoms with Crippen molar-refractivity contribution < 1.29 is 25.9 Å². The van der Waals surface area contributed by atoms with Crippen LogP contribution in [0.4, 0.5) is 23.0 Å². The molecule has 0 spiro atoms. The van der Waals surface area contributed by atoms with Gasteiger partial charge in [0.2, 0.25) is 0 Å². The third-order valence-electron chi connectivity index (χ3n) is 4.58. The summed E-state index contributed by atoms with van der Waals surface area (Å²) >= 11 is 0. The zero-order valence-corrected chi connectivity index (χ0v) is 19.6. The van der Waals surface area contributed by atoms with Crippen LogP contribution in [0, 0.1) is 0 Å². The summed E-state index contributed by atoms with van der Waals surface area (Å²) in [5.74, 6) is 0.581. The average molecular weight is 529 g/mol. The Morgan fingerprint density at radius 3 is 1.39 bits per heavy atom. The standard InChI is InChI=1S/C20H16N8O6S2/c29-35(30,31)17-11-15(23-19-7-9-21-27-25-19)5-3-13(17)1-2-14-4-6-16(12-18(14)36(32,33)34)24-20-8-10-22-28-26-20/h1-12H,(H,21,23,25)(H,22,24,26)(H,29,30,31)(H,32,33,34). The molecular weight excluding hydrogens is 512 g/mol. The molecule has 0 saturated heterocycles. The first-order valence-electron chi connectivity index (χ1n) is 9.83. The molecule has 0 unspecified atom stereocenters. The summed E-state index contributed by atoms with van der Waals surface area (Å²) in [6.07, 6.45) is 5.33. The van der Waals surface area contributed by atoms with E-state index in [0.717, 1.165) is 0 Å². The fraction of sp³-hybridized carbons (Fsp3) is 0. The quantitative estimate of drug-likeness (QED) is 0.191. The topological polar surface area (TPSA) is 210 Å². The highest BCUT2D eigenvalue weighted by molar-refractivity contribution is 7.86. The highest BCUT2D eigenvalue weighted by Crippen LogP contribution is 2.27. The van der Waals surface area contributed by atoms with Gasteiger partial charge in [0.15, 0.2) is 11.6 Å². The van der Waals surface area contributed by atoms with Crippen LogP contribution in [0.1, 0.15) is 11.1 Å². The Morgan fingerprint density at radius 2 is 1.06 bits per heavy atom. The number of benzene rings is 2. The van der Waals surface area contributed by atoms with Crippen molar-refractivity contribution in [3.8, 4) is 0 Å². The SMILES string of the molecule is O=S(=O)(O)c1cc(Nc2ccnnn2)ccc1C=Cc1ccc(Nc2ccnnn2)cc1S(=O)(=O)O. The molecule has 0 aliphatic heterocycles. The maximum atomic E-state index is 12.0. The normalized spacial score (nSPS) is 11.9. The van der Waals surface area contributed by atoms with E-state index in [2.05, 4.69) is 41.5 Å². The molecule has 2 aromatic carbocycles. The first-order chi connectivity index (χ1) is 17.1. The fourth-order valence-electron chi connectivity index (χ4n) is 3.04. The van der Waals surface area contributed by atoms with Gasteiger partial charge in [-0.3, -0.25) is 9.11 Å². The number of nitrogens with one attached hydrogen (secondary N) is 2. The van der Waals surface area contributed by atoms with Gasteiger partial charge >= 0.3 is 0 Å². The lowest BCUT2D eigenvalue weighted by Crippen LogP contribution is -2.04. The average Bonchev–Trinajstić information content (AvgIpc) is 2.84. The van der Waals surface area contributed by atoms with E-state index in [1.165, 1.54) is 73.1 Å². The highest BCUT2D eigenvalue weighted by atomic mass is 32.2. The Balaban J connectivity index is 1.68. The van der Waals surface area contributed by atoms with Gasteiger partial charge in [-0.25, -0.2) is 0 Å². The predicted octanol–water partition coefficient (Wildman–Crippen LogP) is 2.21. The third-order valence-corrected chi connectivity index (χ3v) is 6.40. The Hall–Kier alpha value is -4.38. The van der Waals surface area contributed by atoms with E-state index in [-0.39, 0.29) is 22.5 Å². The second-order valence-electron chi connectivity index (χ2n) is 7.05. The molecule has 0 radical (unpaired) electrons. The van der Waals surface area contributed by atoms with Gasteiger partial charge in [-0.05, 0) is 45.8 Å². The van der Waals surface area contributed by atoms with Gasteiger partial charge < -0.3 is 10.6 Å². The Morgan fingerprint density at radius 1 is 0.639 bits per heavy atom. The molecule has 0 saturated carbocycles. The van der Waals surface area contributed by atoms with Crippen LogP contribution in [-0.2, 0) is 20.2 Å². The van der Waals surface area contributed by atoms with Gasteiger partial charge in [-0.2, -0.15) is 16.8 Å². The van der Waals surface area contributed by atoms with Gasteiger partial charge in [0.1, 0.15) is 9.79 Å². The van der Waals surface area contributed by atoms with Crippen LogP contribution < -0.4 is 10.6 Å². The molecule has 2 aromatic heterocycles. The lowest BCUT2D eigenvalue weighted by atomic mass is 10.1. The van der Waals surface area contributed by atoms with Crippen LogP contribution in [-0.4, -0.2) is 56.8 Å². The maximum absolute atomic E-state index is 12.0. The van der Waals surface area contributed by atoms with Crippen LogP contribution in [0.5, 0.6) is 0 Å². The number of hydrogen-bond acceptors (Lipinski definition) is 12. The number of nitrogens with zero attached hydrogens (tertiary/aromatic N) is 6. The van der Waals surface area contributed by atoms with Crippen LogP contribution in [0.3, 0.4) is 0 Å². The lowest BCUT2D eigenvalue weighted by Gasteiger charge is -2.10. The molecule has 36 heavy (non-hydrogen) atoms. The van der Waals surface area contributed by atoms with E-state index in [4.69, 9.17) is 0 Å². The molecule has 4 aromatic rings. The van der Waals surface area contributed by atoms with Crippen molar-refractivity contribution in [3.05, 3.63) is 72.1 Å². The molecule has 0 aliphatic rings. The number of anilines is 4. The van der Waals surface area contributed by atoms with Crippen molar-refractivity contribution in [3.63, 3.8) is 0 Å². The van der Waals surface area contributed by atoms with Crippen LogP contribution in [0.2, 0.25) is 0 Å². The van der Waals surface area contributed by atoms with E-state index in [0.29, 0.717) is 11.6 Å². The van der Waals surface area contributed by atoms with Gasteiger partial charge in [0.25, 0.3) is 20.2 Å². The van der Waals surface area contributed by atoms with Gasteiger partial charge in [0, 0.05) is 23.5 Å². The maximum Gasteiger partial charge on any atom is 0.295 e. The fourth-order valence-corrected chi connectivity index (χ4v) is 4.46. The molecular formula is C20H16N8O6S2. The summed E-state index contributed by atoms with van der Waals surface area (Å²) in [6.45, 7) is 0. The van der Waals surface area contributed by atoms with Gasteiger partial charge in [0.05, 0.1) is 12.4 Å². The summed E-state index contributed by atoms with van der Waals surface area (Å²) in [5, 5.41) is 27.1. The Kier molecular flexibility index (Phi) is 6.93. The highest BCUT2D eigenvalue weighted by Gasteiger charge is 2.18. The second-order valence-corrected chi connectivity index (χ2v) is 9.83. The predicted molar refractivity (Wildman–Crippen MR) is 128 cm³/mol. The zero-order valence-electron chi connectivity index (χ0n) is 18.0. The molecule has 0 bridgehead atoms. The summed E-state index contributed by atoms with van der Waals surface area (Å²) in [5.41, 5.74) is 0.681. The van der Waals surface area contributed by atoms with E-state index >= 15 is 0 Å². The molecule has 4 N–H and O–H groups in total. The van der Waals surface area contributed by atoms with Gasteiger partial charge in [-0.1, -0.05) is 24.3 Å². The largest absolute Gasteiger partial charge is 0.339 e. The zero-order chi connectivity index (χ0) is 25.8. The molecule has 16 heteroatoms. The van der Waals surface area contributed by atoms with Crippen LogP contribution in [0.15, 0.2) is 70.7 Å². The molecule has 0 amide bonds.